The monoisotopic (exact) mass is 478 g/mol. The van der Waals surface area contributed by atoms with Crippen LogP contribution in [0.1, 0.15) is 56.5 Å². The minimum Gasteiger partial charge on any atom is -0.392 e. The summed E-state index contributed by atoms with van der Waals surface area (Å²) in [5.41, 5.74) is 0.909. The molecule has 1 fully saturated rings. The van der Waals surface area contributed by atoms with Crippen molar-refractivity contribution in [3.05, 3.63) is 10.6 Å². The third-order valence-corrected chi connectivity index (χ3v) is 8.95. The number of rotatable bonds is 7. The molecule has 1 heterocycles. The first-order valence-corrected chi connectivity index (χ1v) is 13.4. The molecule has 0 radical (unpaired) electrons. The number of hydrogen-bond donors (Lipinski definition) is 2. The third-order valence-electron chi connectivity index (χ3n) is 7.41. The van der Waals surface area contributed by atoms with E-state index < -0.39 is 6.10 Å². The van der Waals surface area contributed by atoms with Crippen molar-refractivity contribution in [2.45, 2.75) is 58.5 Å². The Morgan fingerprint density at radius 1 is 1.50 bits per heavy atom. The zero-order valence-electron chi connectivity index (χ0n) is 19.6. The van der Waals surface area contributed by atoms with E-state index >= 15 is 0 Å². The van der Waals surface area contributed by atoms with Gasteiger partial charge in [-0.3, -0.25) is 9.59 Å². The Morgan fingerprint density at radius 3 is 2.88 bits per heavy atom. The first kappa shape index (κ1) is 25.0. The maximum absolute atomic E-state index is 12.9. The van der Waals surface area contributed by atoms with E-state index in [1.165, 1.54) is 16.6 Å². The Hall–Kier alpha value is -1.63. The number of aliphatic hydroxyl groups excluding tert-OH is 1. The van der Waals surface area contributed by atoms with Crippen LogP contribution in [0.3, 0.4) is 0 Å². The van der Waals surface area contributed by atoms with E-state index in [0.717, 1.165) is 25.0 Å². The zero-order valence-corrected chi connectivity index (χ0v) is 21.2. The normalized spacial score (nSPS) is 29.9. The lowest BCUT2D eigenvalue weighted by Gasteiger charge is -2.53. The van der Waals surface area contributed by atoms with Crippen LogP contribution >= 0.6 is 23.1 Å². The molecule has 0 unspecified atom stereocenters. The number of nitrogens with zero attached hydrogens (tertiary/aromatic N) is 3. The quantitative estimate of drug-likeness (QED) is 0.621. The summed E-state index contributed by atoms with van der Waals surface area (Å²) in [4.78, 5) is 32.5. The molecule has 2 aliphatic rings. The number of carbonyl (C=O) groups excluding carboxylic acids is 2. The molecule has 0 spiro atoms. The van der Waals surface area contributed by atoms with E-state index in [4.69, 9.17) is 10.2 Å². The van der Waals surface area contributed by atoms with Crippen LogP contribution in [0.15, 0.2) is 0 Å². The number of thioether (sulfide) groups is 1. The standard InChI is InChI=1S/C23H34N4O3S2/c1-13(21(30)27(4)10-6-9-24)15-7-8-23(3)11-16-19(14(2)18(23)20(15)29)26-22(32-16)25-17(28)12-31-5/h13-15,18,20,29H,6-8,10-12H2,1-5H3,(H,25,26,28)/t13-,14+,15-,18+,20-,23+/m0/s1. The molecule has 32 heavy (non-hydrogen) atoms. The first-order chi connectivity index (χ1) is 15.1. The summed E-state index contributed by atoms with van der Waals surface area (Å²) in [6.45, 7) is 6.68. The van der Waals surface area contributed by atoms with E-state index in [1.807, 2.05) is 13.2 Å². The van der Waals surface area contributed by atoms with Crippen LogP contribution in [0.2, 0.25) is 0 Å². The number of fused-ring (bicyclic) bond motifs is 2. The van der Waals surface area contributed by atoms with Gasteiger partial charge in [-0.15, -0.1) is 11.3 Å². The highest BCUT2D eigenvalue weighted by Crippen LogP contribution is 2.57. The van der Waals surface area contributed by atoms with Gasteiger partial charge in [0.1, 0.15) is 0 Å². The molecular formula is C23H34N4O3S2. The predicted octanol–water partition coefficient (Wildman–Crippen LogP) is 3.51. The molecule has 2 aliphatic carbocycles. The van der Waals surface area contributed by atoms with Crippen molar-refractivity contribution in [3.63, 3.8) is 0 Å². The van der Waals surface area contributed by atoms with Crippen LogP contribution in [0.5, 0.6) is 0 Å². The summed E-state index contributed by atoms with van der Waals surface area (Å²) in [6.07, 6.45) is 4.17. The van der Waals surface area contributed by atoms with E-state index in [1.54, 1.807) is 23.3 Å². The van der Waals surface area contributed by atoms with Gasteiger partial charge in [-0.25, -0.2) is 4.98 Å². The fraction of sp³-hybridized carbons (Fsp3) is 0.739. The van der Waals surface area contributed by atoms with Gasteiger partial charge in [0.15, 0.2) is 5.13 Å². The summed E-state index contributed by atoms with van der Waals surface area (Å²) in [6, 6.07) is 2.08. The highest BCUT2D eigenvalue weighted by atomic mass is 32.2. The number of nitrogens with one attached hydrogen (secondary N) is 1. The Balaban J connectivity index is 1.79. The van der Waals surface area contributed by atoms with Crippen LogP contribution in [0.4, 0.5) is 5.13 Å². The highest BCUT2D eigenvalue weighted by Gasteiger charge is 2.54. The van der Waals surface area contributed by atoms with Gasteiger partial charge >= 0.3 is 0 Å². The van der Waals surface area contributed by atoms with Gasteiger partial charge in [-0.05, 0) is 42.8 Å². The van der Waals surface area contributed by atoms with Gasteiger partial charge in [0.25, 0.3) is 0 Å². The number of aliphatic hydroxyl groups is 1. The summed E-state index contributed by atoms with van der Waals surface area (Å²) < 4.78 is 0. The molecule has 2 N–H and O–H groups in total. The second kappa shape index (κ2) is 10.1. The van der Waals surface area contributed by atoms with Gasteiger partial charge in [-0.1, -0.05) is 20.8 Å². The van der Waals surface area contributed by atoms with Crippen molar-refractivity contribution in [3.8, 4) is 6.07 Å². The van der Waals surface area contributed by atoms with E-state index in [0.29, 0.717) is 23.8 Å². The molecule has 9 heteroatoms. The van der Waals surface area contributed by atoms with Crippen LogP contribution < -0.4 is 5.32 Å². The number of thiazole rings is 1. The lowest BCUT2D eigenvalue weighted by atomic mass is 9.53. The van der Waals surface area contributed by atoms with E-state index in [-0.39, 0.29) is 40.9 Å². The molecule has 0 saturated heterocycles. The lowest BCUT2D eigenvalue weighted by molar-refractivity contribution is -0.143. The van der Waals surface area contributed by atoms with Crippen molar-refractivity contribution in [1.82, 2.24) is 9.88 Å². The molecular weight excluding hydrogens is 444 g/mol. The smallest absolute Gasteiger partial charge is 0.236 e. The Labute approximate surface area is 199 Å². The van der Waals surface area contributed by atoms with Crippen molar-refractivity contribution in [2.75, 3.05) is 30.9 Å². The van der Waals surface area contributed by atoms with Crippen molar-refractivity contribution >= 4 is 40.0 Å². The topological polar surface area (TPSA) is 106 Å². The number of anilines is 1. The van der Waals surface area contributed by atoms with Gasteiger partial charge in [-0.2, -0.15) is 17.0 Å². The van der Waals surface area contributed by atoms with E-state index in [9.17, 15) is 14.7 Å². The molecule has 0 aromatic carbocycles. The van der Waals surface area contributed by atoms with Crippen LogP contribution in [-0.2, 0) is 16.0 Å². The van der Waals surface area contributed by atoms with Crippen molar-refractivity contribution < 1.29 is 14.7 Å². The molecule has 1 aromatic rings. The van der Waals surface area contributed by atoms with Crippen molar-refractivity contribution in [2.24, 2.45) is 23.2 Å². The fourth-order valence-corrected chi connectivity index (χ4v) is 7.36. The van der Waals surface area contributed by atoms with Gasteiger partial charge in [0.2, 0.25) is 11.8 Å². The third kappa shape index (κ3) is 4.82. The average Bonchev–Trinajstić information content (AvgIpc) is 3.12. The lowest BCUT2D eigenvalue weighted by Crippen LogP contribution is -2.53. The van der Waals surface area contributed by atoms with Crippen LogP contribution in [0.25, 0.3) is 0 Å². The average molecular weight is 479 g/mol. The van der Waals surface area contributed by atoms with Crippen LogP contribution in [-0.4, -0.2) is 58.5 Å². The summed E-state index contributed by atoms with van der Waals surface area (Å²) >= 11 is 3.03. The number of amides is 2. The molecule has 7 nitrogen and oxygen atoms in total. The summed E-state index contributed by atoms with van der Waals surface area (Å²) in [5, 5.41) is 23.9. The minimum atomic E-state index is -0.601. The Morgan fingerprint density at radius 2 is 2.22 bits per heavy atom. The van der Waals surface area contributed by atoms with Crippen LogP contribution in [0, 0.1) is 34.5 Å². The van der Waals surface area contributed by atoms with E-state index in [2.05, 4.69) is 25.2 Å². The van der Waals surface area contributed by atoms with Gasteiger partial charge < -0.3 is 15.3 Å². The Kier molecular flexibility index (Phi) is 7.89. The first-order valence-electron chi connectivity index (χ1n) is 11.2. The molecule has 1 saturated carbocycles. The van der Waals surface area contributed by atoms with Crippen molar-refractivity contribution in [1.29, 1.82) is 5.26 Å². The molecule has 0 aliphatic heterocycles. The molecule has 2 amide bonds. The molecule has 176 valence electrons. The maximum Gasteiger partial charge on any atom is 0.236 e. The molecule has 0 bridgehead atoms. The van der Waals surface area contributed by atoms with Gasteiger partial charge in [0, 0.05) is 30.3 Å². The largest absolute Gasteiger partial charge is 0.392 e. The minimum absolute atomic E-state index is 0.00487. The fourth-order valence-electron chi connectivity index (χ4n) is 5.75. The predicted molar refractivity (Wildman–Crippen MR) is 129 cm³/mol. The van der Waals surface area contributed by atoms with Gasteiger partial charge in [0.05, 0.1) is 30.0 Å². The number of nitriles is 1. The number of hydrogen-bond acceptors (Lipinski definition) is 7. The second-order valence-electron chi connectivity index (χ2n) is 9.60. The summed E-state index contributed by atoms with van der Waals surface area (Å²) in [7, 11) is 1.73. The molecule has 1 aromatic heterocycles. The highest BCUT2D eigenvalue weighted by molar-refractivity contribution is 7.99. The SMILES string of the molecule is CSCC(=O)Nc1nc2c(s1)C[C@@]1(C)CC[C@@H]([C@H](C)C(=O)N(C)CCC#N)[C@H](O)[C@H]1[C@H]2C. The maximum atomic E-state index is 12.9. The molecule has 3 rings (SSSR count). The zero-order chi connectivity index (χ0) is 23.6. The number of carbonyl (C=O) groups is 2. The number of aromatic nitrogens is 1. The molecule has 6 atom stereocenters. The Bertz CT molecular complexity index is 898. The summed E-state index contributed by atoms with van der Waals surface area (Å²) in [5.74, 6) is -0.0303. The second-order valence-corrected chi connectivity index (χ2v) is 11.6.